The minimum atomic E-state index is -0.607. The second kappa shape index (κ2) is 7.40. The maximum absolute atomic E-state index is 12.2. The molecule has 0 saturated carbocycles. The number of hydrazine groups is 1. The molecule has 0 aliphatic rings. The summed E-state index contributed by atoms with van der Waals surface area (Å²) in [5, 5.41) is 2.82. The number of rotatable bonds is 4. The maximum Gasteiger partial charge on any atom is 0.281 e. The van der Waals surface area contributed by atoms with Gasteiger partial charge in [0.15, 0.2) is 0 Å². The Morgan fingerprint density at radius 1 is 1.00 bits per heavy atom. The van der Waals surface area contributed by atoms with Crippen LogP contribution in [0.25, 0.3) is 6.08 Å². The van der Waals surface area contributed by atoms with Gasteiger partial charge < -0.3 is 5.32 Å². The fraction of sp³-hybridized carbons (Fsp3) is 0. The van der Waals surface area contributed by atoms with E-state index in [9.17, 15) is 9.59 Å². The molecule has 6 heteroatoms. The van der Waals surface area contributed by atoms with Crippen molar-refractivity contribution >= 4 is 29.5 Å². The van der Waals surface area contributed by atoms with Crippen molar-refractivity contribution in [1.29, 1.82) is 0 Å². The summed E-state index contributed by atoms with van der Waals surface area (Å²) in [7, 11) is 0. The van der Waals surface area contributed by atoms with Crippen molar-refractivity contribution in [2.24, 2.45) is 5.84 Å². The summed E-state index contributed by atoms with van der Waals surface area (Å²) in [6.07, 6.45) is 1.52. The highest BCUT2D eigenvalue weighted by Gasteiger charge is 2.15. The summed E-state index contributed by atoms with van der Waals surface area (Å²) in [4.78, 5) is 24.0. The zero-order valence-corrected chi connectivity index (χ0v) is 12.3. The molecular formula is C16H14ClN3O2. The predicted molar refractivity (Wildman–Crippen MR) is 85.7 cm³/mol. The molecule has 0 aliphatic carbocycles. The Morgan fingerprint density at radius 2 is 1.64 bits per heavy atom. The van der Waals surface area contributed by atoms with Gasteiger partial charge in [-0.2, -0.15) is 0 Å². The molecule has 0 atom stereocenters. The van der Waals surface area contributed by atoms with E-state index < -0.39 is 11.8 Å². The lowest BCUT2D eigenvalue weighted by Gasteiger charge is -2.09. The number of halogens is 1. The largest absolute Gasteiger partial charge is 0.317 e. The smallest absolute Gasteiger partial charge is 0.281 e. The Balaban J connectivity index is 2.28. The van der Waals surface area contributed by atoms with Gasteiger partial charge in [0.2, 0.25) is 0 Å². The van der Waals surface area contributed by atoms with Gasteiger partial charge >= 0.3 is 0 Å². The van der Waals surface area contributed by atoms with E-state index >= 15 is 0 Å². The number of hydrogen-bond acceptors (Lipinski definition) is 3. The van der Waals surface area contributed by atoms with E-state index in [0.29, 0.717) is 5.02 Å². The second-order valence-corrected chi connectivity index (χ2v) is 4.78. The van der Waals surface area contributed by atoms with Crippen molar-refractivity contribution in [2.75, 3.05) is 0 Å². The molecule has 0 heterocycles. The number of carbonyl (C=O) groups is 2. The van der Waals surface area contributed by atoms with Gasteiger partial charge in [0.1, 0.15) is 5.70 Å². The van der Waals surface area contributed by atoms with Crippen LogP contribution in [0, 0.1) is 0 Å². The van der Waals surface area contributed by atoms with Crippen LogP contribution in [0.2, 0.25) is 5.02 Å². The molecule has 22 heavy (non-hydrogen) atoms. The van der Waals surface area contributed by atoms with E-state index in [0.717, 1.165) is 5.56 Å². The summed E-state index contributed by atoms with van der Waals surface area (Å²) in [6.45, 7) is 0. The Morgan fingerprint density at radius 3 is 2.27 bits per heavy atom. The van der Waals surface area contributed by atoms with Crippen LogP contribution in [0.1, 0.15) is 15.9 Å². The van der Waals surface area contributed by atoms with Crippen LogP contribution in [0.15, 0.2) is 60.3 Å². The molecule has 2 aromatic rings. The molecule has 2 aromatic carbocycles. The summed E-state index contributed by atoms with van der Waals surface area (Å²) in [6, 6.07) is 15.6. The highest BCUT2D eigenvalue weighted by Crippen LogP contribution is 2.15. The van der Waals surface area contributed by atoms with Crippen LogP contribution in [0.4, 0.5) is 0 Å². The normalized spacial score (nSPS) is 10.9. The third-order valence-corrected chi connectivity index (χ3v) is 3.18. The molecule has 4 N–H and O–H groups in total. The third-order valence-electron chi connectivity index (χ3n) is 2.85. The molecular weight excluding hydrogens is 302 g/mol. The number of carbonyl (C=O) groups excluding carboxylic acids is 2. The predicted octanol–water partition coefficient (Wildman–Crippen LogP) is 2.10. The lowest BCUT2D eigenvalue weighted by molar-refractivity contribution is -0.117. The van der Waals surface area contributed by atoms with Crippen molar-refractivity contribution in [3.8, 4) is 0 Å². The van der Waals surface area contributed by atoms with Crippen LogP contribution in [0.3, 0.4) is 0 Å². The average molecular weight is 316 g/mol. The molecule has 5 nitrogen and oxygen atoms in total. The van der Waals surface area contributed by atoms with Gasteiger partial charge in [0.25, 0.3) is 11.8 Å². The Kier molecular flexibility index (Phi) is 5.30. The standard InChI is InChI=1S/C16H14ClN3O2/c17-13-9-5-4-8-12(13)15(21)19-14(16(22)20-18)10-11-6-2-1-3-7-11/h1-10H,18H2,(H,19,21)(H,20,22). The molecule has 2 rings (SSSR count). The number of hydrogen-bond donors (Lipinski definition) is 3. The second-order valence-electron chi connectivity index (χ2n) is 4.38. The van der Waals surface area contributed by atoms with Crippen LogP contribution in [0.5, 0.6) is 0 Å². The number of benzene rings is 2. The van der Waals surface area contributed by atoms with Gasteiger partial charge in [-0.05, 0) is 23.8 Å². The minimum absolute atomic E-state index is 0.0265. The van der Waals surface area contributed by atoms with Crippen molar-refractivity contribution in [2.45, 2.75) is 0 Å². The van der Waals surface area contributed by atoms with Gasteiger partial charge in [-0.1, -0.05) is 54.1 Å². The first kappa shape index (κ1) is 15.8. The van der Waals surface area contributed by atoms with Crippen LogP contribution in [-0.2, 0) is 4.79 Å². The van der Waals surface area contributed by atoms with Crippen molar-refractivity contribution < 1.29 is 9.59 Å². The van der Waals surface area contributed by atoms with Gasteiger partial charge in [0, 0.05) is 0 Å². The van der Waals surface area contributed by atoms with Gasteiger partial charge in [-0.25, -0.2) is 5.84 Å². The average Bonchev–Trinajstić information content (AvgIpc) is 2.54. The Labute approximate surface area is 132 Å². The van der Waals surface area contributed by atoms with E-state index in [-0.39, 0.29) is 11.3 Å². The van der Waals surface area contributed by atoms with Crippen LogP contribution < -0.4 is 16.6 Å². The fourth-order valence-corrected chi connectivity index (χ4v) is 2.01. The first-order valence-corrected chi connectivity index (χ1v) is 6.83. The van der Waals surface area contributed by atoms with Crippen molar-refractivity contribution in [3.63, 3.8) is 0 Å². The lowest BCUT2D eigenvalue weighted by Crippen LogP contribution is -2.38. The first-order chi connectivity index (χ1) is 10.6. The molecule has 0 saturated heterocycles. The molecule has 112 valence electrons. The molecule has 0 unspecified atom stereocenters. The summed E-state index contributed by atoms with van der Waals surface area (Å²) in [5.41, 5.74) is 3.05. The molecule has 0 radical (unpaired) electrons. The van der Waals surface area contributed by atoms with Gasteiger partial charge in [-0.3, -0.25) is 15.0 Å². The number of amides is 2. The van der Waals surface area contributed by atoms with E-state index in [2.05, 4.69) is 5.32 Å². The fourth-order valence-electron chi connectivity index (χ4n) is 1.79. The topological polar surface area (TPSA) is 84.2 Å². The molecule has 0 aliphatic heterocycles. The monoisotopic (exact) mass is 315 g/mol. The van der Waals surface area contributed by atoms with Crippen molar-refractivity contribution in [3.05, 3.63) is 76.4 Å². The van der Waals surface area contributed by atoms with E-state index in [1.165, 1.54) is 6.08 Å². The minimum Gasteiger partial charge on any atom is -0.317 e. The number of nitrogens with two attached hydrogens (primary N) is 1. The summed E-state index contributed by atoms with van der Waals surface area (Å²) < 4.78 is 0. The molecule has 0 spiro atoms. The Hall–Kier alpha value is -2.63. The Bertz CT molecular complexity index is 714. The van der Waals surface area contributed by atoms with Crippen LogP contribution in [-0.4, -0.2) is 11.8 Å². The van der Waals surface area contributed by atoms with E-state index in [1.54, 1.807) is 36.4 Å². The highest BCUT2D eigenvalue weighted by atomic mass is 35.5. The van der Waals surface area contributed by atoms with Crippen LogP contribution >= 0.6 is 11.6 Å². The zero-order valence-electron chi connectivity index (χ0n) is 11.5. The molecule has 0 aromatic heterocycles. The van der Waals surface area contributed by atoms with Gasteiger partial charge in [0.05, 0.1) is 10.6 Å². The lowest BCUT2D eigenvalue weighted by atomic mass is 10.1. The summed E-state index contributed by atoms with van der Waals surface area (Å²) >= 11 is 5.97. The molecule has 0 bridgehead atoms. The zero-order chi connectivity index (χ0) is 15.9. The summed E-state index contributed by atoms with van der Waals surface area (Å²) in [5.74, 6) is 4.06. The van der Waals surface area contributed by atoms with E-state index in [4.69, 9.17) is 17.4 Å². The molecule has 2 amide bonds. The highest BCUT2D eigenvalue weighted by molar-refractivity contribution is 6.34. The molecule has 0 fully saturated rings. The quantitative estimate of drug-likeness (QED) is 0.349. The number of nitrogens with one attached hydrogen (secondary N) is 2. The van der Waals surface area contributed by atoms with Gasteiger partial charge in [-0.15, -0.1) is 0 Å². The van der Waals surface area contributed by atoms with Crippen molar-refractivity contribution in [1.82, 2.24) is 10.7 Å². The SMILES string of the molecule is NNC(=O)C(=Cc1ccccc1)NC(=O)c1ccccc1Cl. The van der Waals surface area contributed by atoms with E-state index in [1.807, 2.05) is 23.6 Å². The third kappa shape index (κ3) is 3.94. The first-order valence-electron chi connectivity index (χ1n) is 6.45. The maximum atomic E-state index is 12.2.